The van der Waals surface area contributed by atoms with Gasteiger partial charge in [-0.3, -0.25) is 9.10 Å². The number of benzene rings is 2. The maximum atomic E-state index is 12.7. The van der Waals surface area contributed by atoms with Crippen LogP contribution in [0.15, 0.2) is 36.4 Å². The molecule has 5 nitrogen and oxygen atoms in total. The highest BCUT2D eigenvalue weighted by Crippen LogP contribution is 2.27. The van der Waals surface area contributed by atoms with Gasteiger partial charge in [-0.05, 0) is 55.7 Å². The standard InChI is InChI=1S/C21H26Cl2N2O3S2/c1-14-5-6-15(2)20(11-14)25(30(4,27)28)16(3)21(26)24-9-10-29-13-17-7-8-18(22)19(23)12-17/h5-8,11-12,16H,9-10,13H2,1-4H3,(H,24,26)/t16-/m0/s1. The first kappa shape index (κ1) is 24.9. The van der Waals surface area contributed by atoms with Gasteiger partial charge in [0.2, 0.25) is 15.9 Å². The van der Waals surface area contributed by atoms with E-state index in [9.17, 15) is 13.2 Å². The molecule has 0 saturated carbocycles. The minimum Gasteiger partial charge on any atom is -0.353 e. The number of amides is 1. The van der Waals surface area contributed by atoms with Crippen molar-refractivity contribution in [2.75, 3.05) is 22.9 Å². The van der Waals surface area contributed by atoms with E-state index in [1.807, 2.05) is 38.1 Å². The van der Waals surface area contributed by atoms with Crippen molar-refractivity contribution >= 4 is 56.6 Å². The first-order chi connectivity index (χ1) is 14.0. The normalized spacial score (nSPS) is 12.5. The molecule has 0 radical (unpaired) electrons. The molecule has 2 aromatic rings. The van der Waals surface area contributed by atoms with Crippen LogP contribution in [0.1, 0.15) is 23.6 Å². The lowest BCUT2D eigenvalue weighted by atomic mass is 10.1. The molecule has 0 fully saturated rings. The number of anilines is 1. The summed E-state index contributed by atoms with van der Waals surface area (Å²) in [4.78, 5) is 12.7. The van der Waals surface area contributed by atoms with Crippen molar-refractivity contribution in [3.8, 4) is 0 Å². The summed E-state index contributed by atoms with van der Waals surface area (Å²) in [5.41, 5.74) is 3.29. The number of nitrogens with zero attached hydrogens (tertiary/aromatic N) is 1. The third kappa shape index (κ3) is 6.80. The van der Waals surface area contributed by atoms with Crippen LogP contribution in [-0.4, -0.2) is 38.9 Å². The fraction of sp³-hybridized carbons (Fsp3) is 0.381. The van der Waals surface area contributed by atoms with Crippen molar-refractivity contribution in [1.29, 1.82) is 0 Å². The number of sulfonamides is 1. The van der Waals surface area contributed by atoms with Gasteiger partial charge in [-0.2, -0.15) is 11.8 Å². The largest absolute Gasteiger partial charge is 0.353 e. The van der Waals surface area contributed by atoms with E-state index in [2.05, 4.69) is 5.32 Å². The Morgan fingerprint density at radius 2 is 1.83 bits per heavy atom. The third-order valence-corrected chi connectivity index (χ3v) is 7.49. The van der Waals surface area contributed by atoms with Crippen molar-refractivity contribution < 1.29 is 13.2 Å². The molecule has 0 aliphatic carbocycles. The number of nitrogens with one attached hydrogen (secondary N) is 1. The van der Waals surface area contributed by atoms with Gasteiger partial charge in [0.1, 0.15) is 6.04 Å². The van der Waals surface area contributed by atoms with Gasteiger partial charge in [0.15, 0.2) is 0 Å². The number of halogens is 2. The molecule has 0 aliphatic heterocycles. The average Bonchev–Trinajstić information content (AvgIpc) is 2.66. The van der Waals surface area contributed by atoms with Gasteiger partial charge in [0, 0.05) is 18.1 Å². The van der Waals surface area contributed by atoms with Crippen LogP contribution in [0.4, 0.5) is 5.69 Å². The van der Waals surface area contributed by atoms with E-state index in [-0.39, 0.29) is 5.91 Å². The zero-order chi connectivity index (χ0) is 22.5. The fourth-order valence-corrected chi connectivity index (χ4v) is 5.30. The molecule has 0 aromatic heterocycles. The number of hydrogen-bond donors (Lipinski definition) is 1. The molecule has 2 aromatic carbocycles. The molecule has 0 aliphatic rings. The van der Waals surface area contributed by atoms with Gasteiger partial charge >= 0.3 is 0 Å². The van der Waals surface area contributed by atoms with Crippen molar-refractivity contribution in [3.05, 3.63) is 63.1 Å². The number of hydrogen-bond acceptors (Lipinski definition) is 4. The van der Waals surface area contributed by atoms with E-state index in [0.717, 1.165) is 28.7 Å². The first-order valence-electron chi connectivity index (χ1n) is 9.36. The van der Waals surface area contributed by atoms with Crippen molar-refractivity contribution in [3.63, 3.8) is 0 Å². The summed E-state index contributed by atoms with van der Waals surface area (Å²) in [5, 5.41) is 3.87. The zero-order valence-electron chi connectivity index (χ0n) is 17.4. The predicted octanol–water partition coefficient (Wildman–Crippen LogP) is 4.81. The molecule has 0 bridgehead atoms. The van der Waals surface area contributed by atoms with Gasteiger partial charge in [-0.1, -0.05) is 41.4 Å². The van der Waals surface area contributed by atoms with E-state index in [1.165, 1.54) is 4.31 Å². The Hall–Kier alpha value is -1.41. The quantitative estimate of drug-likeness (QED) is 0.514. The summed E-state index contributed by atoms with van der Waals surface area (Å²) in [6, 6.07) is 10.2. The van der Waals surface area contributed by atoms with Gasteiger partial charge in [0.05, 0.1) is 22.0 Å². The van der Waals surface area contributed by atoms with E-state index < -0.39 is 16.1 Å². The van der Waals surface area contributed by atoms with Crippen LogP contribution >= 0.6 is 35.0 Å². The van der Waals surface area contributed by atoms with Crippen molar-refractivity contribution in [2.24, 2.45) is 0 Å². The maximum absolute atomic E-state index is 12.7. The number of carbonyl (C=O) groups excluding carboxylic acids is 1. The predicted molar refractivity (Wildman–Crippen MR) is 128 cm³/mol. The van der Waals surface area contributed by atoms with Crippen LogP contribution in [0.5, 0.6) is 0 Å². The Morgan fingerprint density at radius 3 is 2.47 bits per heavy atom. The summed E-state index contributed by atoms with van der Waals surface area (Å²) in [7, 11) is -3.64. The number of carbonyl (C=O) groups is 1. The molecule has 1 atom stereocenters. The number of rotatable bonds is 9. The van der Waals surface area contributed by atoms with Crippen LogP contribution in [0, 0.1) is 13.8 Å². The third-order valence-electron chi connectivity index (χ3n) is 4.49. The monoisotopic (exact) mass is 488 g/mol. The lowest BCUT2D eigenvalue weighted by Crippen LogP contribution is -2.48. The molecule has 0 unspecified atom stereocenters. The molecular weight excluding hydrogens is 463 g/mol. The lowest BCUT2D eigenvalue weighted by Gasteiger charge is -2.29. The summed E-state index contributed by atoms with van der Waals surface area (Å²) < 4.78 is 26.1. The fourth-order valence-electron chi connectivity index (χ4n) is 2.95. The van der Waals surface area contributed by atoms with Crippen LogP contribution in [0.2, 0.25) is 10.0 Å². The number of aryl methyl sites for hydroxylation is 2. The Balaban J connectivity index is 1.95. The van der Waals surface area contributed by atoms with E-state index >= 15 is 0 Å². The Labute approximate surface area is 193 Å². The second-order valence-electron chi connectivity index (χ2n) is 7.12. The Morgan fingerprint density at radius 1 is 1.13 bits per heavy atom. The molecule has 0 spiro atoms. The average molecular weight is 489 g/mol. The minimum absolute atomic E-state index is 0.337. The molecule has 164 valence electrons. The van der Waals surface area contributed by atoms with Gasteiger partial charge in [-0.25, -0.2) is 8.42 Å². The highest BCUT2D eigenvalue weighted by molar-refractivity contribution is 7.98. The summed E-state index contributed by atoms with van der Waals surface area (Å²) >= 11 is 13.6. The summed E-state index contributed by atoms with van der Waals surface area (Å²) in [6.07, 6.45) is 1.12. The van der Waals surface area contributed by atoms with E-state index in [4.69, 9.17) is 23.2 Å². The summed E-state index contributed by atoms with van der Waals surface area (Å²) in [5.74, 6) is 1.08. The van der Waals surface area contributed by atoms with Crippen LogP contribution in [0.25, 0.3) is 0 Å². The van der Waals surface area contributed by atoms with E-state index in [1.54, 1.807) is 30.8 Å². The van der Waals surface area contributed by atoms with Crippen molar-refractivity contribution in [1.82, 2.24) is 5.32 Å². The molecule has 0 heterocycles. The Kier molecular flexibility index (Phi) is 8.91. The smallest absolute Gasteiger partial charge is 0.243 e. The topological polar surface area (TPSA) is 66.5 Å². The molecule has 9 heteroatoms. The highest BCUT2D eigenvalue weighted by Gasteiger charge is 2.30. The first-order valence-corrected chi connectivity index (χ1v) is 13.1. The van der Waals surface area contributed by atoms with Crippen LogP contribution in [-0.2, 0) is 20.6 Å². The molecule has 1 N–H and O–H groups in total. The highest BCUT2D eigenvalue weighted by atomic mass is 35.5. The van der Waals surface area contributed by atoms with Crippen LogP contribution < -0.4 is 9.62 Å². The van der Waals surface area contributed by atoms with Gasteiger partial charge in [0.25, 0.3) is 0 Å². The SMILES string of the molecule is Cc1ccc(C)c(N([C@@H](C)C(=O)NCCSCc2ccc(Cl)c(Cl)c2)S(C)(=O)=O)c1. The molecular formula is C21H26Cl2N2O3S2. The van der Waals surface area contributed by atoms with Crippen LogP contribution in [0.3, 0.4) is 0 Å². The summed E-state index contributed by atoms with van der Waals surface area (Å²) in [6.45, 7) is 5.75. The second-order valence-corrected chi connectivity index (χ2v) is 10.9. The van der Waals surface area contributed by atoms with Gasteiger partial charge < -0.3 is 5.32 Å². The molecule has 0 saturated heterocycles. The van der Waals surface area contributed by atoms with Gasteiger partial charge in [-0.15, -0.1) is 0 Å². The zero-order valence-corrected chi connectivity index (χ0v) is 20.6. The maximum Gasteiger partial charge on any atom is 0.243 e. The minimum atomic E-state index is -3.64. The molecule has 2 rings (SSSR count). The van der Waals surface area contributed by atoms with Crippen molar-refractivity contribution in [2.45, 2.75) is 32.6 Å². The lowest BCUT2D eigenvalue weighted by molar-refractivity contribution is -0.121. The Bertz CT molecular complexity index is 1010. The molecule has 1 amide bonds. The second kappa shape index (κ2) is 10.8. The molecule has 30 heavy (non-hydrogen) atoms. The number of thioether (sulfide) groups is 1. The van der Waals surface area contributed by atoms with E-state index in [0.29, 0.717) is 28.0 Å².